The van der Waals surface area contributed by atoms with E-state index in [-0.39, 0.29) is 24.3 Å². The van der Waals surface area contributed by atoms with E-state index in [1.807, 2.05) is 44.2 Å². The van der Waals surface area contributed by atoms with Crippen molar-refractivity contribution < 1.29 is 14.3 Å². The minimum atomic E-state index is -0.416. The number of pyridine rings is 1. The molecule has 0 unspecified atom stereocenters. The van der Waals surface area contributed by atoms with Crippen molar-refractivity contribution in [1.29, 1.82) is 0 Å². The van der Waals surface area contributed by atoms with E-state index >= 15 is 0 Å². The third kappa shape index (κ3) is 5.07. The van der Waals surface area contributed by atoms with Gasteiger partial charge in [0.25, 0.3) is 0 Å². The van der Waals surface area contributed by atoms with Gasteiger partial charge in [-0.25, -0.2) is 9.78 Å². The van der Waals surface area contributed by atoms with Crippen LogP contribution < -0.4 is 10.6 Å². The second-order valence-electron chi connectivity index (χ2n) is 8.94. The van der Waals surface area contributed by atoms with Crippen LogP contribution in [0.25, 0.3) is 11.0 Å². The number of benzene rings is 1. The van der Waals surface area contributed by atoms with E-state index in [1.54, 1.807) is 18.5 Å². The van der Waals surface area contributed by atoms with E-state index in [2.05, 4.69) is 25.8 Å². The number of nitrogens with zero attached hydrogens (tertiary/aromatic N) is 2. The van der Waals surface area contributed by atoms with Gasteiger partial charge in [-0.1, -0.05) is 30.3 Å². The highest BCUT2D eigenvalue weighted by Crippen LogP contribution is 2.36. The summed E-state index contributed by atoms with van der Waals surface area (Å²) in [6.07, 6.45) is 6.18. The predicted octanol–water partition coefficient (Wildman–Crippen LogP) is 4.41. The summed E-state index contributed by atoms with van der Waals surface area (Å²) in [5.74, 6) is 0.240. The lowest BCUT2D eigenvalue weighted by Crippen LogP contribution is -2.50. The molecule has 1 saturated carbocycles. The maximum atomic E-state index is 12.8. The standard InChI is InChI=1S/C24H29N5O3/c1-24(2,28-23(31)32-15-16-6-4-3-5-7-16)18-10-8-17(9-11-18)22(30)27-20-12-13-25-21-19(20)14-26-29-21/h3-7,12-14,17-18H,8-11,15H2,1-2H3,(H,28,31)(H2,25,26,27,29,30)/t17-,18-. The quantitative estimate of drug-likeness (QED) is 0.531. The van der Waals surface area contributed by atoms with Gasteiger partial charge in [0.1, 0.15) is 6.61 Å². The lowest BCUT2D eigenvalue weighted by molar-refractivity contribution is -0.121. The van der Waals surface area contributed by atoms with E-state index in [0.29, 0.717) is 5.65 Å². The maximum Gasteiger partial charge on any atom is 0.407 e. The number of aromatic nitrogens is 3. The summed E-state index contributed by atoms with van der Waals surface area (Å²) >= 11 is 0. The fraction of sp³-hybridized carbons (Fsp3) is 0.417. The van der Waals surface area contributed by atoms with E-state index in [9.17, 15) is 9.59 Å². The van der Waals surface area contributed by atoms with Crippen molar-refractivity contribution in [1.82, 2.24) is 20.5 Å². The van der Waals surface area contributed by atoms with Crippen molar-refractivity contribution in [3.63, 3.8) is 0 Å². The number of aromatic amines is 1. The highest BCUT2D eigenvalue weighted by atomic mass is 16.5. The first-order valence-electron chi connectivity index (χ1n) is 11.0. The number of amides is 2. The largest absolute Gasteiger partial charge is 0.445 e. The van der Waals surface area contributed by atoms with Crippen LogP contribution in [-0.4, -0.2) is 32.7 Å². The minimum absolute atomic E-state index is 0.0187. The van der Waals surface area contributed by atoms with Crippen LogP contribution in [0.5, 0.6) is 0 Å². The summed E-state index contributed by atoms with van der Waals surface area (Å²) in [7, 11) is 0. The third-order valence-corrected chi connectivity index (χ3v) is 6.37. The molecule has 168 valence electrons. The molecule has 1 aliphatic rings. The second-order valence-corrected chi connectivity index (χ2v) is 8.94. The smallest absolute Gasteiger partial charge is 0.407 e. The van der Waals surface area contributed by atoms with Crippen LogP contribution in [0.4, 0.5) is 10.5 Å². The predicted molar refractivity (Wildman–Crippen MR) is 122 cm³/mol. The lowest BCUT2D eigenvalue weighted by Gasteiger charge is -2.39. The van der Waals surface area contributed by atoms with Crippen molar-refractivity contribution in [2.24, 2.45) is 11.8 Å². The summed E-state index contributed by atoms with van der Waals surface area (Å²) < 4.78 is 5.38. The van der Waals surface area contributed by atoms with Crippen LogP contribution in [0, 0.1) is 11.8 Å². The van der Waals surface area contributed by atoms with Gasteiger partial charge < -0.3 is 15.4 Å². The number of rotatable bonds is 6. The fourth-order valence-corrected chi connectivity index (χ4v) is 4.40. The van der Waals surface area contributed by atoms with E-state index in [0.717, 1.165) is 42.3 Å². The second kappa shape index (κ2) is 9.38. The molecule has 0 bridgehead atoms. The molecule has 0 radical (unpaired) electrons. The normalized spacial score (nSPS) is 18.8. The average molecular weight is 436 g/mol. The van der Waals surface area contributed by atoms with Gasteiger partial charge in [-0.3, -0.25) is 9.89 Å². The molecule has 0 spiro atoms. The molecule has 8 nitrogen and oxygen atoms in total. The van der Waals surface area contributed by atoms with Crippen LogP contribution in [0.2, 0.25) is 0 Å². The van der Waals surface area contributed by atoms with Gasteiger partial charge in [-0.2, -0.15) is 5.10 Å². The Hall–Kier alpha value is -3.42. The molecule has 3 N–H and O–H groups in total. The molecule has 3 aromatic rings. The number of ether oxygens (including phenoxy) is 1. The summed E-state index contributed by atoms with van der Waals surface area (Å²) in [5, 5.41) is 13.6. The summed E-state index contributed by atoms with van der Waals surface area (Å²) in [4.78, 5) is 29.4. The average Bonchev–Trinajstić information content (AvgIpc) is 3.28. The first-order valence-corrected chi connectivity index (χ1v) is 11.0. The first kappa shape index (κ1) is 21.8. The van der Waals surface area contributed by atoms with Crippen molar-refractivity contribution in [2.75, 3.05) is 5.32 Å². The zero-order chi connectivity index (χ0) is 22.6. The van der Waals surface area contributed by atoms with Crippen molar-refractivity contribution in [2.45, 2.75) is 51.7 Å². The van der Waals surface area contributed by atoms with Crippen LogP contribution >= 0.6 is 0 Å². The molecule has 2 aromatic heterocycles. The Morgan fingerprint density at radius 2 is 1.88 bits per heavy atom. The van der Waals surface area contributed by atoms with Gasteiger partial charge in [0.2, 0.25) is 5.91 Å². The van der Waals surface area contributed by atoms with E-state index < -0.39 is 11.6 Å². The monoisotopic (exact) mass is 435 g/mol. The molecule has 8 heteroatoms. The number of fused-ring (bicyclic) bond motifs is 1. The highest BCUT2D eigenvalue weighted by Gasteiger charge is 2.36. The summed E-state index contributed by atoms with van der Waals surface area (Å²) in [6.45, 7) is 4.29. The SMILES string of the molecule is CC(C)(NC(=O)OCc1ccccc1)[C@H]1CC[C@H](C(=O)Nc2ccnc3[nH]ncc23)CC1. The fourth-order valence-electron chi connectivity index (χ4n) is 4.40. The molecule has 32 heavy (non-hydrogen) atoms. The Kier molecular flexibility index (Phi) is 6.39. The third-order valence-electron chi connectivity index (χ3n) is 6.37. The molecule has 1 fully saturated rings. The van der Waals surface area contributed by atoms with Crippen LogP contribution in [0.15, 0.2) is 48.8 Å². The molecule has 1 aromatic carbocycles. The van der Waals surface area contributed by atoms with Gasteiger partial charge in [0.15, 0.2) is 5.65 Å². The van der Waals surface area contributed by atoms with E-state index in [4.69, 9.17) is 4.74 Å². The molecular formula is C24H29N5O3. The Labute approximate surface area is 187 Å². The Morgan fingerprint density at radius 3 is 2.62 bits per heavy atom. The van der Waals surface area contributed by atoms with Gasteiger partial charge in [-0.15, -0.1) is 0 Å². The minimum Gasteiger partial charge on any atom is -0.445 e. The van der Waals surface area contributed by atoms with Crippen LogP contribution in [0.1, 0.15) is 45.1 Å². The molecule has 0 atom stereocenters. The number of anilines is 1. The number of carbonyl (C=O) groups is 2. The number of carbonyl (C=O) groups excluding carboxylic acids is 2. The van der Waals surface area contributed by atoms with Crippen molar-refractivity contribution in [3.05, 3.63) is 54.4 Å². The molecule has 0 aliphatic heterocycles. The number of H-pyrrole nitrogens is 1. The van der Waals surface area contributed by atoms with Crippen molar-refractivity contribution in [3.8, 4) is 0 Å². The summed E-state index contributed by atoms with van der Waals surface area (Å²) in [6, 6.07) is 11.4. The van der Waals surface area contributed by atoms with Crippen LogP contribution in [0.3, 0.4) is 0 Å². The molecule has 1 aliphatic carbocycles. The maximum absolute atomic E-state index is 12.8. The van der Waals surface area contributed by atoms with Crippen LogP contribution in [-0.2, 0) is 16.1 Å². The molecule has 2 amide bonds. The topological polar surface area (TPSA) is 109 Å². The number of hydrogen-bond donors (Lipinski definition) is 3. The zero-order valence-corrected chi connectivity index (χ0v) is 18.4. The highest BCUT2D eigenvalue weighted by molar-refractivity contribution is 6.00. The van der Waals surface area contributed by atoms with E-state index in [1.165, 1.54) is 0 Å². The van der Waals surface area contributed by atoms with Gasteiger partial charge in [-0.05, 0) is 57.1 Å². The van der Waals surface area contributed by atoms with Gasteiger partial charge in [0, 0.05) is 17.7 Å². The van der Waals surface area contributed by atoms with Crippen molar-refractivity contribution >= 4 is 28.7 Å². The number of hydrogen-bond acceptors (Lipinski definition) is 5. The molecule has 2 heterocycles. The Morgan fingerprint density at radius 1 is 1.12 bits per heavy atom. The molecule has 4 rings (SSSR count). The van der Waals surface area contributed by atoms with Gasteiger partial charge in [0.05, 0.1) is 17.3 Å². The summed E-state index contributed by atoms with van der Waals surface area (Å²) in [5.41, 5.74) is 1.91. The Bertz CT molecular complexity index is 1070. The lowest BCUT2D eigenvalue weighted by atomic mass is 9.73. The zero-order valence-electron chi connectivity index (χ0n) is 18.4. The Balaban J connectivity index is 1.27. The number of alkyl carbamates (subject to hydrolysis) is 1. The van der Waals surface area contributed by atoms with Gasteiger partial charge >= 0.3 is 6.09 Å². The first-order chi connectivity index (χ1) is 15.4. The number of nitrogens with one attached hydrogen (secondary N) is 3. The molecule has 0 saturated heterocycles. The molecular weight excluding hydrogens is 406 g/mol.